The Bertz CT molecular complexity index is 1850. The normalized spacial score (nSPS) is 12.7. The van der Waals surface area contributed by atoms with Crippen LogP contribution in [0.15, 0.2) is 36.4 Å². The van der Waals surface area contributed by atoms with Gasteiger partial charge in [-0.05, 0) is 81.0 Å². The first kappa shape index (κ1) is 40.9. The summed E-state index contributed by atoms with van der Waals surface area (Å²) in [6.45, 7) is 16.7. The Kier molecular flexibility index (Phi) is 14.8. The highest BCUT2D eigenvalue weighted by molar-refractivity contribution is 7.92. The third-order valence-corrected chi connectivity index (χ3v) is 11.1. The lowest BCUT2D eigenvalue weighted by Gasteiger charge is -2.22. The zero-order chi connectivity index (χ0) is 37.9. The maximum atomic E-state index is 14.1. The Morgan fingerprint density at radius 2 is 1.46 bits per heavy atom. The highest BCUT2D eigenvalue weighted by Gasteiger charge is 2.26. The molecule has 10 nitrogen and oxygen atoms in total. The first-order valence-corrected chi connectivity index (χ1v) is 21.0. The third-order valence-electron chi connectivity index (χ3n) is 9.73. The van der Waals surface area contributed by atoms with Crippen molar-refractivity contribution in [3.8, 4) is 17.1 Å². The second-order valence-electron chi connectivity index (χ2n) is 15.4. The first-order chi connectivity index (χ1) is 24.7. The fourth-order valence-electron chi connectivity index (χ4n) is 6.65. The summed E-state index contributed by atoms with van der Waals surface area (Å²) in [4.78, 5) is 14.1. The van der Waals surface area contributed by atoms with Gasteiger partial charge in [0, 0.05) is 34.1 Å². The van der Waals surface area contributed by atoms with Crippen LogP contribution >= 0.6 is 0 Å². The summed E-state index contributed by atoms with van der Waals surface area (Å²) in [5.74, 6) is 1.06. The van der Waals surface area contributed by atoms with E-state index in [9.17, 15) is 13.2 Å². The van der Waals surface area contributed by atoms with Gasteiger partial charge in [-0.2, -0.15) is 0 Å². The number of hydrogen-bond donors (Lipinski definition) is 3. The van der Waals surface area contributed by atoms with Crippen LogP contribution in [0.5, 0.6) is 5.75 Å². The molecule has 4 rings (SSSR count). The molecular formula is C41H62N6O4S. The Balaban J connectivity index is 1.52. The van der Waals surface area contributed by atoms with E-state index < -0.39 is 16.1 Å². The highest BCUT2D eigenvalue weighted by atomic mass is 32.2. The zero-order valence-electron chi connectivity index (χ0n) is 32.8. The topological polar surface area (TPSA) is 130 Å². The largest absolute Gasteiger partial charge is 0.481 e. The van der Waals surface area contributed by atoms with E-state index in [2.05, 4.69) is 66.0 Å². The molecule has 0 saturated heterocycles. The van der Waals surface area contributed by atoms with E-state index in [1.54, 1.807) is 24.3 Å². The number of carbonyl (C=O) groups excluding carboxylic acids is 1. The van der Waals surface area contributed by atoms with Crippen LogP contribution < -0.4 is 14.8 Å². The molecule has 0 fully saturated rings. The number of unbranched alkanes of at least 4 members (excludes halogenated alkanes) is 10. The molecule has 2 aromatic carbocycles. The molecule has 1 amide bonds. The summed E-state index contributed by atoms with van der Waals surface area (Å²) in [7, 11) is -3.42. The number of nitrogens with one attached hydrogen (secondary N) is 3. The molecular weight excluding hydrogens is 673 g/mol. The van der Waals surface area contributed by atoms with Gasteiger partial charge in [-0.25, -0.2) is 12.9 Å². The van der Waals surface area contributed by atoms with Gasteiger partial charge in [0.1, 0.15) is 5.75 Å². The SMILES string of the molecule is CCCCCCCCCCCCC(Oc1ccc(NS(=O)(=O)CCCC)cc1)C(=O)Nc1c(C)cc(C)c(-c2nnc3cc(C(C)(C)C)[nH]n23)c1C. The Hall–Kier alpha value is -3.86. The van der Waals surface area contributed by atoms with Crippen LogP contribution in [0.1, 0.15) is 140 Å². The second kappa shape index (κ2) is 18.8. The monoisotopic (exact) mass is 734 g/mol. The van der Waals surface area contributed by atoms with Crippen molar-refractivity contribution in [2.45, 2.75) is 150 Å². The maximum Gasteiger partial charge on any atom is 0.265 e. The molecule has 0 spiro atoms. The maximum absolute atomic E-state index is 14.1. The number of hydrogen-bond acceptors (Lipinski definition) is 6. The van der Waals surface area contributed by atoms with Crippen molar-refractivity contribution in [2.75, 3.05) is 15.8 Å². The number of aryl methyl sites for hydroxylation is 2. The fourth-order valence-corrected chi connectivity index (χ4v) is 7.91. The standard InChI is InChI=1S/C41H62N6O4S/c1-9-11-13-14-15-16-17-18-19-20-21-34(51-33-24-22-32(23-25-33)46-52(49,50)26-12-10-2)40(48)42-38-30(4)27-29(3)37(31(38)5)39-44-43-36-28-35(41(6,7)8)45-47(36)39/h22-25,27-28,34,45-46H,9-21,26H2,1-8H3,(H,42,48). The molecule has 11 heteroatoms. The predicted octanol–water partition coefficient (Wildman–Crippen LogP) is 10.2. The van der Waals surface area contributed by atoms with Gasteiger partial charge in [0.15, 0.2) is 17.6 Å². The van der Waals surface area contributed by atoms with Gasteiger partial charge in [0.05, 0.1) is 5.75 Å². The number of carbonyl (C=O) groups is 1. The van der Waals surface area contributed by atoms with Gasteiger partial charge >= 0.3 is 0 Å². The minimum absolute atomic E-state index is 0.0767. The molecule has 3 N–H and O–H groups in total. The molecule has 0 bridgehead atoms. The fraction of sp³-hybridized carbons (Fsp3) is 0.585. The lowest BCUT2D eigenvalue weighted by molar-refractivity contribution is -0.123. The number of sulfonamides is 1. The number of fused-ring (bicyclic) bond motifs is 1. The quantitative estimate of drug-likeness (QED) is 0.0731. The van der Waals surface area contributed by atoms with Gasteiger partial charge in [0.25, 0.3) is 5.91 Å². The molecule has 0 aliphatic carbocycles. The van der Waals surface area contributed by atoms with Crippen LogP contribution in [0.25, 0.3) is 17.0 Å². The lowest BCUT2D eigenvalue weighted by atomic mass is 9.93. The van der Waals surface area contributed by atoms with E-state index in [1.165, 1.54) is 44.9 Å². The lowest BCUT2D eigenvalue weighted by Crippen LogP contribution is -2.33. The van der Waals surface area contributed by atoms with Crippen LogP contribution in [0, 0.1) is 20.8 Å². The van der Waals surface area contributed by atoms with E-state index in [-0.39, 0.29) is 17.1 Å². The predicted molar refractivity (Wildman–Crippen MR) is 214 cm³/mol. The highest BCUT2D eigenvalue weighted by Crippen LogP contribution is 2.35. The summed E-state index contributed by atoms with van der Waals surface area (Å²) in [6, 6.07) is 10.9. The molecule has 0 aliphatic heterocycles. The van der Waals surface area contributed by atoms with Crippen molar-refractivity contribution in [3.63, 3.8) is 0 Å². The van der Waals surface area contributed by atoms with Crippen LogP contribution in [-0.2, 0) is 20.2 Å². The Morgan fingerprint density at radius 3 is 2.08 bits per heavy atom. The molecule has 52 heavy (non-hydrogen) atoms. The van der Waals surface area contributed by atoms with Gasteiger partial charge in [0.2, 0.25) is 10.0 Å². The van der Waals surface area contributed by atoms with Gasteiger partial charge in [-0.15, -0.1) is 10.2 Å². The summed E-state index contributed by atoms with van der Waals surface area (Å²) in [5, 5.41) is 15.7. The van der Waals surface area contributed by atoms with E-state index in [0.29, 0.717) is 30.1 Å². The minimum atomic E-state index is -3.42. The zero-order valence-corrected chi connectivity index (χ0v) is 33.6. The summed E-state index contributed by atoms with van der Waals surface area (Å²) >= 11 is 0. The summed E-state index contributed by atoms with van der Waals surface area (Å²) in [6.07, 6.45) is 13.2. The number of ether oxygens (including phenoxy) is 1. The molecule has 0 aliphatic rings. The van der Waals surface area contributed by atoms with Crippen molar-refractivity contribution in [1.82, 2.24) is 19.8 Å². The van der Waals surface area contributed by atoms with Crippen molar-refractivity contribution in [1.29, 1.82) is 0 Å². The molecule has 2 aromatic heterocycles. The van der Waals surface area contributed by atoms with E-state index in [4.69, 9.17) is 4.74 Å². The summed E-state index contributed by atoms with van der Waals surface area (Å²) in [5.41, 5.74) is 6.74. The third kappa shape index (κ3) is 11.3. The van der Waals surface area contributed by atoms with Crippen LogP contribution in [0.2, 0.25) is 0 Å². The number of H-pyrrole nitrogens is 1. The number of aromatic nitrogens is 4. The van der Waals surface area contributed by atoms with Crippen molar-refractivity contribution in [2.24, 2.45) is 0 Å². The van der Waals surface area contributed by atoms with Crippen LogP contribution in [0.3, 0.4) is 0 Å². The Labute approximate surface area is 312 Å². The molecule has 1 atom stereocenters. The number of aromatic amines is 1. The van der Waals surface area contributed by atoms with Gasteiger partial charge < -0.3 is 10.1 Å². The number of nitrogens with zero attached hydrogens (tertiary/aromatic N) is 3. The molecule has 2 heterocycles. The molecule has 0 saturated carbocycles. The van der Waals surface area contributed by atoms with E-state index in [1.807, 2.05) is 31.4 Å². The first-order valence-electron chi connectivity index (χ1n) is 19.4. The second-order valence-corrected chi connectivity index (χ2v) is 17.2. The van der Waals surface area contributed by atoms with E-state index >= 15 is 0 Å². The van der Waals surface area contributed by atoms with Crippen LogP contribution in [0.4, 0.5) is 11.4 Å². The minimum Gasteiger partial charge on any atom is -0.481 e. The number of benzene rings is 2. The van der Waals surface area contributed by atoms with Crippen molar-refractivity contribution < 1.29 is 17.9 Å². The van der Waals surface area contributed by atoms with Crippen molar-refractivity contribution >= 4 is 33.0 Å². The molecule has 286 valence electrons. The average molecular weight is 735 g/mol. The summed E-state index contributed by atoms with van der Waals surface area (Å²) < 4.78 is 35.8. The molecule has 1 unspecified atom stereocenters. The van der Waals surface area contributed by atoms with Crippen molar-refractivity contribution in [3.05, 3.63) is 58.8 Å². The number of anilines is 2. The van der Waals surface area contributed by atoms with E-state index in [0.717, 1.165) is 65.0 Å². The van der Waals surface area contributed by atoms with Gasteiger partial charge in [-0.3, -0.25) is 14.6 Å². The average Bonchev–Trinajstić information content (AvgIpc) is 3.69. The van der Waals surface area contributed by atoms with Gasteiger partial charge in [-0.1, -0.05) is 105 Å². The van der Waals surface area contributed by atoms with Crippen LogP contribution in [-0.4, -0.2) is 46.0 Å². The number of amides is 1. The molecule has 0 radical (unpaired) electrons. The number of rotatable bonds is 21. The Morgan fingerprint density at radius 1 is 0.846 bits per heavy atom. The molecule has 4 aromatic rings. The smallest absolute Gasteiger partial charge is 0.265 e.